The summed E-state index contributed by atoms with van der Waals surface area (Å²) >= 11 is 6.84. The lowest BCUT2D eigenvalue weighted by molar-refractivity contribution is 0.602. The number of hydrogen-bond acceptors (Lipinski definition) is 5. The molecular weight excluding hydrogens is 282 g/mol. The fraction of sp³-hybridized carbons (Fsp3) is 0.111. The SMILES string of the molecule is Cc1cc(Cl)nc(NS(=O)(=O)c2cccs2)n1. The Morgan fingerprint density at radius 2 is 2.18 bits per heavy atom. The van der Waals surface area contributed by atoms with E-state index in [1.54, 1.807) is 24.4 Å². The van der Waals surface area contributed by atoms with Gasteiger partial charge in [-0.15, -0.1) is 11.3 Å². The maximum atomic E-state index is 11.9. The van der Waals surface area contributed by atoms with Gasteiger partial charge in [0.05, 0.1) is 0 Å². The molecule has 2 heterocycles. The molecule has 0 amide bonds. The molecular formula is C9H8ClN3O2S2. The molecule has 0 atom stereocenters. The van der Waals surface area contributed by atoms with Crippen molar-refractivity contribution in [1.29, 1.82) is 0 Å². The summed E-state index contributed by atoms with van der Waals surface area (Å²) in [5.74, 6) is -0.0246. The highest BCUT2D eigenvalue weighted by atomic mass is 35.5. The number of rotatable bonds is 3. The highest BCUT2D eigenvalue weighted by molar-refractivity contribution is 7.94. The summed E-state index contributed by atoms with van der Waals surface area (Å²) in [5, 5.41) is 1.87. The minimum absolute atomic E-state index is 0.0246. The van der Waals surface area contributed by atoms with Crippen molar-refractivity contribution in [2.24, 2.45) is 0 Å². The van der Waals surface area contributed by atoms with Gasteiger partial charge in [-0.25, -0.2) is 23.1 Å². The number of nitrogens with one attached hydrogen (secondary N) is 1. The number of nitrogens with zero attached hydrogens (tertiary/aromatic N) is 2. The predicted octanol–water partition coefficient (Wildman–Crippen LogP) is 2.30. The van der Waals surface area contributed by atoms with Crippen LogP contribution in [0, 0.1) is 6.92 Å². The summed E-state index contributed by atoms with van der Waals surface area (Å²) in [5.41, 5.74) is 0.592. The van der Waals surface area contributed by atoms with Gasteiger partial charge in [-0.3, -0.25) is 0 Å². The fourth-order valence-electron chi connectivity index (χ4n) is 1.16. The van der Waals surface area contributed by atoms with Gasteiger partial charge in [0.2, 0.25) is 5.95 Å². The van der Waals surface area contributed by atoms with Crippen molar-refractivity contribution in [2.45, 2.75) is 11.1 Å². The quantitative estimate of drug-likeness (QED) is 0.880. The van der Waals surface area contributed by atoms with Gasteiger partial charge in [-0.1, -0.05) is 17.7 Å². The molecule has 0 radical (unpaired) electrons. The molecule has 2 aromatic heterocycles. The number of halogens is 1. The van der Waals surface area contributed by atoms with Crippen LogP contribution in [0.2, 0.25) is 5.15 Å². The van der Waals surface area contributed by atoms with Crippen LogP contribution in [0.4, 0.5) is 5.95 Å². The number of hydrogen-bond donors (Lipinski definition) is 1. The van der Waals surface area contributed by atoms with E-state index in [4.69, 9.17) is 11.6 Å². The van der Waals surface area contributed by atoms with Crippen LogP contribution in [0.15, 0.2) is 27.8 Å². The van der Waals surface area contributed by atoms with E-state index in [0.29, 0.717) is 5.69 Å². The maximum Gasteiger partial charge on any atom is 0.273 e. The Kier molecular flexibility index (Phi) is 3.32. The number of aryl methyl sites for hydroxylation is 1. The maximum absolute atomic E-state index is 11.9. The molecule has 90 valence electrons. The van der Waals surface area contributed by atoms with Gasteiger partial charge in [-0.2, -0.15) is 0 Å². The van der Waals surface area contributed by atoms with Gasteiger partial charge >= 0.3 is 0 Å². The predicted molar refractivity (Wildman–Crippen MR) is 66.9 cm³/mol. The van der Waals surface area contributed by atoms with E-state index in [-0.39, 0.29) is 15.3 Å². The first kappa shape index (κ1) is 12.3. The van der Waals surface area contributed by atoms with Crippen molar-refractivity contribution in [3.05, 3.63) is 34.4 Å². The zero-order valence-electron chi connectivity index (χ0n) is 8.71. The smallest absolute Gasteiger partial charge is 0.246 e. The second-order valence-electron chi connectivity index (χ2n) is 3.19. The van der Waals surface area contributed by atoms with Crippen molar-refractivity contribution < 1.29 is 8.42 Å². The van der Waals surface area contributed by atoms with Crippen molar-refractivity contribution in [2.75, 3.05) is 4.72 Å². The van der Waals surface area contributed by atoms with E-state index in [2.05, 4.69) is 14.7 Å². The molecule has 0 fully saturated rings. The minimum Gasteiger partial charge on any atom is -0.246 e. The Morgan fingerprint density at radius 3 is 2.76 bits per heavy atom. The van der Waals surface area contributed by atoms with Gasteiger partial charge in [0.15, 0.2) is 0 Å². The highest BCUT2D eigenvalue weighted by Gasteiger charge is 2.16. The van der Waals surface area contributed by atoms with Crippen molar-refractivity contribution in [1.82, 2.24) is 9.97 Å². The molecule has 0 saturated heterocycles. The molecule has 8 heteroatoms. The van der Waals surface area contributed by atoms with Crippen LogP contribution in [0.1, 0.15) is 5.69 Å². The van der Waals surface area contributed by atoms with Crippen molar-refractivity contribution in [3.63, 3.8) is 0 Å². The summed E-state index contributed by atoms with van der Waals surface area (Å²) < 4.78 is 26.2. The monoisotopic (exact) mass is 289 g/mol. The zero-order chi connectivity index (χ0) is 12.5. The molecule has 0 saturated carbocycles. The molecule has 0 aliphatic carbocycles. The molecule has 0 aliphatic heterocycles. The first-order valence-electron chi connectivity index (χ1n) is 4.55. The van der Waals surface area contributed by atoms with E-state index in [1.165, 1.54) is 6.07 Å². The topological polar surface area (TPSA) is 72.0 Å². The first-order valence-corrected chi connectivity index (χ1v) is 7.29. The molecule has 0 bridgehead atoms. The van der Waals surface area contributed by atoms with Crippen LogP contribution in [0.3, 0.4) is 0 Å². The molecule has 0 aromatic carbocycles. The van der Waals surface area contributed by atoms with E-state index < -0.39 is 10.0 Å². The van der Waals surface area contributed by atoms with E-state index in [9.17, 15) is 8.42 Å². The third kappa shape index (κ3) is 2.93. The molecule has 1 N–H and O–H groups in total. The highest BCUT2D eigenvalue weighted by Crippen LogP contribution is 2.19. The summed E-state index contributed by atoms with van der Waals surface area (Å²) in [7, 11) is -3.62. The third-order valence-corrected chi connectivity index (χ3v) is 4.73. The summed E-state index contributed by atoms with van der Waals surface area (Å²) in [6, 6.07) is 4.71. The van der Waals surface area contributed by atoms with Crippen LogP contribution in [-0.2, 0) is 10.0 Å². The zero-order valence-corrected chi connectivity index (χ0v) is 11.1. The lowest BCUT2D eigenvalue weighted by Gasteiger charge is -2.05. The summed E-state index contributed by atoms with van der Waals surface area (Å²) in [6.45, 7) is 1.70. The Bertz CT molecular complexity index is 605. The lowest BCUT2D eigenvalue weighted by Crippen LogP contribution is -2.14. The standard InChI is InChI=1S/C9H8ClN3O2S2/c1-6-5-7(10)12-9(11-6)13-17(14,15)8-3-2-4-16-8/h2-5H,1H3,(H,11,12,13). The molecule has 0 unspecified atom stereocenters. The van der Waals surface area contributed by atoms with Crippen LogP contribution in [-0.4, -0.2) is 18.4 Å². The van der Waals surface area contributed by atoms with Crippen LogP contribution >= 0.6 is 22.9 Å². The Hall–Kier alpha value is -1.18. The van der Waals surface area contributed by atoms with Crippen LogP contribution in [0.25, 0.3) is 0 Å². The normalized spacial score (nSPS) is 11.4. The average molecular weight is 290 g/mol. The molecule has 2 aromatic rings. The Labute approximate surface area is 108 Å². The lowest BCUT2D eigenvalue weighted by atomic mass is 10.5. The van der Waals surface area contributed by atoms with Crippen molar-refractivity contribution >= 4 is 38.9 Å². The van der Waals surface area contributed by atoms with Crippen LogP contribution < -0.4 is 4.72 Å². The fourth-order valence-corrected chi connectivity index (χ4v) is 3.34. The van der Waals surface area contributed by atoms with E-state index in [0.717, 1.165) is 11.3 Å². The number of sulfonamides is 1. The van der Waals surface area contributed by atoms with Gasteiger partial charge < -0.3 is 0 Å². The Balaban J connectivity index is 2.33. The third-order valence-electron chi connectivity index (χ3n) is 1.81. The molecule has 17 heavy (non-hydrogen) atoms. The molecule has 0 aliphatic rings. The van der Waals surface area contributed by atoms with Gasteiger partial charge in [0, 0.05) is 5.69 Å². The number of aromatic nitrogens is 2. The van der Waals surface area contributed by atoms with Gasteiger partial charge in [0.25, 0.3) is 10.0 Å². The van der Waals surface area contributed by atoms with Gasteiger partial charge in [-0.05, 0) is 24.4 Å². The second-order valence-corrected chi connectivity index (χ2v) is 6.44. The van der Waals surface area contributed by atoms with Crippen molar-refractivity contribution in [3.8, 4) is 0 Å². The molecule has 0 spiro atoms. The first-order chi connectivity index (χ1) is 7.97. The number of anilines is 1. The Morgan fingerprint density at radius 1 is 1.41 bits per heavy atom. The number of thiophene rings is 1. The molecule has 2 rings (SSSR count). The minimum atomic E-state index is -3.62. The summed E-state index contributed by atoms with van der Waals surface area (Å²) in [6.07, 6.45) is 0. The van der Waals surface area contributed by atoms with Crippen LogP contribution in [0.5, 0.6) is 0 Å². The second kappa shape index (κ2) is 4.59. The molecule has 5 nitrogen and oxygen atoms in total. The summed E-state index contributed by atoms with van der Waals surface area (Å²) in [4.78, 5) is 7.75. The van der Waals surface area contributed by atoms with Gasteiger partial charge in [0.1, 0.15) is 9.36 Å². The van der Waals surface area contributed by atoms with E-state index >= 15 is 0 Å². The van der Waals surface area contributed by atoms with E-state index in [1.807, 2.05) is 0 Å². The average Bonchev–Trinajstić information content (AvgIpc) is 2.67. The largest absolute Gasteiger partial charge is 0.273 e.